The van der Waals surface area contributed by atoms with Crippen molar-refractivity contribution in [1.82, 2.24) is 0 Å². The zero-order valence-corrected chi connectivity index (χ0v) is 12.2. The SMILES string of the molecule is CC.CC=O.OCCN1CCSc2ccccc21. The number of para-hydroxylation sites is 1. The number of aldehydes is 1. The van der Waals surface area contributed by atoms with Crippen molar-refractivity contribution >= 4 is 23.7 Å². The van der Waals surface area contributed by atoms with Crippen LogP contribution >= 0.6 is 11.8 Å². The number of aliphatic hydroxyl groups excluding tert-OH is 1. The molecule has 0 bridgehead atoms. The number of anilines is 1. The molecule has 0 atom stereocenters. The molecule has 1 aromatic carbocycles. The van der Waals surface area contributed by atoms with E-state index in [0.717, 1.165) is 25.1 Å². The molecule has 0 fully saturated rings. The lowest BCUT2D eigenvalue weighted by molar-refractivity contribution is -0.106. The fourth-order valence-electron chi connectivity index (χ4n) is 1.58. The fourth-order valence-corrected chi connectivity index (χ4v) is 2.63. The van der Waals surface area contributed by atoms with E-state index in [4.69, 9.17) is 9.90 Å². The van der Waals surface area contributed by atoms with Crippen LogP contribution in [0.25, 0.3) is 0 Å². The van der Waals surface area contributed by atoms with Gasteiger partial charge in [-0.05, 0) is 19.1 Å². The monoisotopic (exact) mass is 269 g/mol. The Bertz CT molecular complexity index is 331. The Labute approximate surface area is 114 Å². The van der Waals surface area contributed by atoms with Gasteiger partial charge in [-0.25, -0.2) is 0 Å². The van der Waals surface area contributed by atoms with E-state index < -0.39 is 0 Å². The third-order valence-electron chi connectivity index (χ3n) is 2.19. The summed E-state index contributed by atoms with van der Waals surface area (Å²) in [4.78, 5) is 12.4. The van der Waals surface area contributed by atoms with Crippen molar-refractivity contribution in [3.8, 4) is 0 Å². The molecule has 1 N–H and O–H groups in total. The van der Waals surface area contributed by atoms with Gasteiger partial charge < -0.3 is 14.8 Å². The van der Waals surface area contributed by atoms with Crippen LogP contribution in [-0.2, 0) is 4.79 Å². The van der Waals surface area contributed by atoms with E-state index in [1.165, 1.54) is 17.5 Å². The minimum absolute atomic E-state index is 0.235. The summed E-state index contributed by atoms with van der Waals surface area (Å²) in [6, 6.07) is 8.38. The lowest BCUT2D eigenvalue weighted by Crippen LogP contribution is -2.31. The summed E-state index contributed by atoms with van der Waals surface area (Å²) >= 11 is 1.90. The summed E-state index contributed by atoms with van der Waals surface area (Å²) in [6.07, 6.45) is 0.750. The van der Waals surface area contributed by atoms with Crippen molar-refractivity contribution in [2.24, 2.45) is 0 Å². The van der Waals surface area contributed by atoms with Gasteiger partial charge in [-0.3, -0.25) is 0 Å². The molecular formula is C14H23NO2S. The van der Waals surface area contributed by atoms with Gasteiger partial charge in [0.15, 0.2) is 0 Å². The molecule has 102 valence electrons. The number of thioether (sulfide) groups is 1. The van der Waals surface area contributed by atoms with Crippen molar-refractivity contribution in [3.05, 3.63) is 24.3 Å². The van der Waals surface area contributed by atoms with E-state index >= 15 is 0 Å². The molecule has 0 radical (unpaired) electrons. The highest BCUT2D eigenvalue weighted by Crippen LogP contribution is 2.33. The maximum absolute atomic E-state index is 8.90. The van der Waals surface area contributed by atoms with Crippen LogP contribution in [0, 0.1) is 0 Å². The maximum Gasteiger partial charge on any atom is 0.116 e. The van der Waals surface area contributed by atoms with Crippen molar-refractivity contribution < 1.29 is 9.90 Å². The molecule has 18 heavy (non-hydrogen) atoms. The van der Waals surface area contributed by atoms with Gasteiger partial charge in [0.05, 0.1) is 12.3 Å². The summed E-state index contributed by atoms with van der Waals surface area (Å²) in [6.45, 7) is 7.47. The van der Waals surface area contributed by atoms with Crippen LogP contribution in [0.4, 0.5) is 5.69 Å². The predicted molar refractivity (Wildman–Crippen MR) is 79.6 cm³/mol. The fraction of sp³-hybridized carbons (Fsp3) is 0.500. The van der Waals surface area contributed by atoms with Crippen LogP contribution in [0.3, 0.4) is 0 Å². The molecular weight excluding hydrogens is 246 g/mol. The van der Waals surface area contributed by atoms with Gasteiger partial charge in [0.2, 0.25) is 0 Å². The van der Waals surface area contributed by atoms with E-state index in [1.807, 2.05) is 25.6 Å². The summed E-state index contributed by atoms with van der Waals surface area (Å²) < 4.78 is 0. The van der Waals surface area contributed by atoms with Gasteiger partial charge in [0.25, 0.3) is 0 Å². The third-order valence-corrected chi connectivity index (χ3v) is 3.24. The number of hydrogen-bond acceptors (Lipinski definition) is 4. The standard InChI is InChI=1S/C10H13NOS.C2H4O.C2H6/c12-7-5-11-6-8-13-10-4-2-1-3-9(10)11;1-2-3;1-2/h1-4,12H,5-8H2;2H,1H3;1-2H3. The minimum atomic E-state index is 0.235. The van der Waals surface area contributed by atoms with Crippen LogP contribution < -0.4 is 4.90 Å². The number of β-amino-alcohol motifs (C(OH)–C–C–N with tert-alkyl or cyclic N) is 1. The quantitative estimate of drug-likeness (QED) is 0.838. The van der Waals surface area contributed by atoms with Crippen LogP contribution in [0.1, 0.15) is 20.8 Å². The Morgan fingerprint density at radius 2 is 2.00 bits per heavy atom. The molecule has 1 aliphatic heterocycles. The number of rotatable bonds is 2. The van der Waals surface area contributed by atoms with Gasteiger partial charge in [-0.2, -0.15) is 0 Å². The largest absolute Gasteiger partial charge is 0.395 e. The molecule has 1 aromatic rings. The van der Waals surface area contributed by atoms with Gasteiger partial charge in [0, 0.05) is 23.7 Å². The molecule has 0 saturated heterocycles. The minimum Gasteiger partial charge on any atom is -0.395 e. The molecule has 3 nitrogen and oxygen atoms in total. The molecule has 0 spiro atoms. The maximum atomic E-state index is 8.90. The van der Waals surface area contributed by atoms with E-state index in [-0.39, 0.29) is 6.61 Å². The lowest BCUT2D eigenvalue weighted by Gasteiger charge is -2.29. The molecule has 0 aliphatic carbocycles. The zero-order valence-electron chi connectivity index (χ0n) is 11.4. The van der Waals surface area contributed by atoms with Crippen LogP contribution in [-0.4, -0.2) is 36.8 Å². The number of carbonyl (C=O) groups is 1. The number of aliphatic hydroxyl groups is 1. The van der Waals surface area contributed by atoms with Gasteiger partial charge in [-0.15, -0.1) is 11.8 Å². The average Bonchev–Trinajstić information content (AvgIpc) is 2.43. The highest BCUT2D eigenvalue weighted by atomic mass is 32.2. The molecule has 4 heteroatoms. The smallest absolute Gasteiger partial charge is 0.116 e. The molecule has 0 unspecified atom stereocenters. The van der Waals surface area contributed by atoms with Crippen molar-refractivity contribution in [3.63, 3.8) is 0 Å². The van der Waals surface area contributed by atoms with Crippen molar-refractivity contribution in [2.75, 3.05) is 30.3 Å². The first-order chi connectivity index (χ1) is 8.83. The van der Waals surface area contributed by atoms with E-state index in [0.29, 0.717) is 0 Å². The topological polar surface area (TPSA) is 40.5 Å². The molecule has 2 rings (SSSR count). The zero-order chi connectivity index (χ0) is 13.8. The summed E-state index contributed by atoms with van der Waals surface area (Å²) in [5, 5.41) is 8.90. The highest BCUT2D eigenvalue weighted by Gasteiger charge is 2.15. The Balaban J connectivity index is 0.000000509. The summed E-state index contributed by atoms with van der Waals surface area (Å²) in [5.74, 6) is 1.12. The van der Waals surface area contributed by atoms with Crippen molar-refractivity contribution in [2.45, 2.75) is 25.7 Å². The van der Waals surface area contributed by atoms with E-state index in [2.05, 4.69) is 29.2 Å². The van der Waals surface area contributed by atoms with Crippen LogP contribution in [0.2, 0.25) is 0 Å². The number of carbonyl (C=O) groups excluding carboxylic acids is 1. The highest BCUT2D eigenvalue weighted by molar-refractivity contribution is 7.99. The molecule has 1 heterocycles. The molecule has 1 aliphatic rings. The third kappa shape index (κ3) is 5.56. The second-order valence-electron chi connectivity index (χ2n) is 3.26. The first-order valence-electron chi connectivity index (χ1n) is 6.31. The first-order valence-corrected chi connectivity index (χ1v) is 7.29. The lowest BCUT2D eigenvalue weighted by atomic mass is 10.3. The van der Waals surface area contributed by atoms with Gasteiger partial charge >= 0.3 is 0 Å². The number of benzene rings is 1. The Morgan fingerprint density at radius 3 is 2.61 bits per heavy atom. The van der Waals surface area contributed by atoms with E-state index in [9.17, 15) is 0 Å². The van der Waals surface area contributed by atoms with Gasteiger partial charge in [-0.1, -0.05) is 26.0 Å². The molecule has 0 amide bonds. The van der Waals surface area contributed by atoms with Crippen molar-refractivity contribution in [1.29, 1.82) is 0 Å². The second-order valence-corrected chi connectivity index (χ2v) is 4.40. The van der Waals surface area contributed by atoms with Crippen LogP contribution in [0.5, 0.6) is 0 Å². The number of hydrogen-bond donors (Lipinski definition) is 1. The Kier molecular flexibility index (Phi) is 10.5. The Morgan fingerprint density at radius 1 is 1.39 bits per heavy atom. The Hall–Kier alpha value is -1.00. The summed E-state index contributed by atoms with van der Waals surface area (Å²) in [7, 11) is 0. The second kappa shape index (κ2) is 11.1. The number of fused-ring (bicyclic) bond motifs is 1. The summed E-state index contributed by atoms with van der Waals surface area (Å²) in [5.41, 5.74) is 1.27. The molecule has 0 saturated carbocycles. The molecule has 0 aromatic heterocycles. The first kappa shape index (κ1) is 17.0. The van der Waals surface area contributed by atoms with Crippen LogP contribution in [0.15, 0.2) is 29.2 Å². The average molecular weight is 269 g/mol. The number of nitrogens with zero attached hydrogens (tertiary/aromatic N) is 1. The van der Waals surface area contributed by atoms with Gasteiger partial charge in [0.1, 0.15) is 6.29 Å². The normalized spacial score (nSPS) is 12.3. The van der Waals surface area contributed by atoms with E-state index in [1.54, 1.807) is 0 Å². The predicted octanol–water partition coefficient (Wildman–Crippen LogP) is 2.82.